The van der Waals surface area contributed by atoms with Gasteiger partial charge in [0.2, 0.25) is 0 Å². The standard InChI is InChI=1S/C12H14F2N2O2/c13-8-5-9(14)7-10(6-8)15-12(18)16(3-4-17)11-1-2-11/h5-7,11,17H,1-4H2,(H,15,18). The fourth-order valence-electron chi connectivity index (χ4n) is 1.77. The van der Waals surface area contributed by atoms with E-state index in [2.05, 4.69) is 5.32 Å². The van der Waals surface area contributed by atoms with E-state index in [9.17, 15) is 13.6 Å². The van der Waals surface area contributed by atoms with Crippen molar-refractivity contribution in [3.05, 3.63) is 29.8 Å². The Morgan fingerprint density at radius 1 is 1.33 bits per heavy atom. The molecule has 2 N–H and O–H groups in total. The highest BCUT2D eigenvalue weighted by Gasteiger charge is 2.32. The van der Waals surface area contributed by atoms with Gasteiger partial charge < -0.3 is 15.3 Å². The van der Waals surface area contributed by atoms with Crippen molar-refractivity contribution in [3.63, 3.8) is 0 Å². The smallest absolute Gasteiger partial charge is 0.322 e. The zero-order valence-electron chi connectivity index (χ0n) is 9.70. The van der Waals surface area contributed by atoms with Crippen LogP contribution in [0.25, 0.3) is 0 Å². The molecule has 2 amide bonds. The summed E-state index contributed by atoms with van der Waals surface area (Å²) in [6.45, 7) is 0.0791. The van der Waals surface area contributed by atoms with E-state index in [4.69, 9.17) is 5.11 Å². The predicted octanol–water partition coefficient (Wildman–Crippen LogP) is 1.95. The van der Waals surface area contributed by atoms with Crippen LogP contribution in [0.5, 0.6) is 0 Å². The van der Waals surface area contributed by atoms with Crippen LogP contribution in [0.3, 0.4) is 0 Å². The highest BCUT2D eigenvalue weighted by atomic mass is 19.1. The molecule has 1 aliphatic rings. The number of halogens is 2. The molecule has 0 spiro atoms. The fraction of sp³-hybridized carbons (Fsp3) is 0.417. The molecule has 1 aromatic rings. The van der Waals surface area contributed by atoms with Gasteiger partial charge in [0, 0.05) is 24.3 Å². The van der Waals surface area contributed by atoms with Gasteiger partial charge in [-0.05, 0) is 25.0 Å². The van der Waals surface area contributed by atoms with Gasteiger partial charge in [0.25, 0.3) is 0 Å². The monoisotopic (exact) mass is 256 g/mol. The summed E-state index contributed by atoms with van der Waals surface area (Å²) in [5, 5.41) is 11.3. The largest absolute Gasteiger partial charge is 0.395 e. The molecule has 4 nitrogen and oxygen atoms in total. The number of carbonyl (C=O) groups excluding carboxylic acids is 1. The van der Waals surface area contributed by atoms with Crippen LogP contribution in [-0.2, 0) is 0 Å². The second-order valence-corrected chi connectivity index (χ2v) is 4.24. The van der Waals surface area contributed by atoms with Gasteiger partial charge in [0.05, 0.1) is 6.61 Å². The number of carbonyl (C=O) groups is 1. The Morgan fingerprint density at radius 2 is 1.94 bits per heavy atom. The van der Waals surface area contributed by atoms with E-state index >= 15 is 0 Å². The maximum atomic E-state index is 13.0. The third-order valence-electron chi connectivity index (χ3n) is 2.70. The quantitative estimate of drug-likeness (QED) is 0.865. The van der Waals surface area contributed by atoms with Crippen molar-refractivity contribution < 1.29 is 18.7 Å². The molecular formula is C12H14F2N2O2. The van der Waals surface area contributed by atoms with Gasteiger partial charge in [-0.25, -0.2) is 13.6 Å². The molecule has 0 bridgehead atoms. The van der Waals surface area contributed by atoms with E-state index in [-0.39, 0.29) is 24.9 Å². The van der Waals surface area contributed by atoms with Crippen molar-refractivity contribution in [2.75, 3.05) is 18.5 Å². The fourth-order valence-corrected chi connectivity index (χ4v) is 1.77. The normalized spacial score (nSPS) is 14.4. The second-order valence-electron chi connectivity index (χ2n) is 4.24. The summed E-state index contributed by atoms with van der Waals surface area (Å²) < 4.78 is 25.9. The van der Waals surface area contributed by atoms with E-state index < -0.39 is 17.7 Å². The molecule has 0 atom stereocenters. The van der Waals surface area contributed by atoms with Gasteiger partial charge in [-0.1, -0.05) is 0 Å². The Balaban J connectivity index is 2.04. The number of aliphatic hydroxyl groups excluding tert-OH is 1. The van der Waals surface area contributed by atoms with Gasteiger partial charge >= 0.3 is 6.03 Å². The SMILES string of the molecule is O=C(Nc1cc(F)cc(F)c1)N(CCO)C1CC1. The molecule has 0 saturated heterocycles. The highest BCUT2D eigenvalue weighted by Crippen LogP contribution is 2.27. The van der Waals surface area contributed by atoms with Crippen LogP contribution in [0.15, 0.2) is 18.2 Å². The number of amides is 2. The Kier molecular flexibility index (Phi) is 3.76. The number of nitrogens with zero attached hydrogens (tertiary/aromatic N) is 1. The molecule has 1 aromatic carbocycles. The second kappa shape index (κ2) is 5.30. The molecular weight excluding hydrogens is 242 g/mol. The minimum absolute atomic E-state index is 0.0705. The first kappa shape index (κ1) is 12.8. The molecule has 1 aliphatic carbocycles. The van der Waals surface area contributed by atoms with Crippen molar-refractivity contribution in [2.24, 2.45) is 0 Å². The number of rotatable bonds is 4. The first-order valence-electron chi connectivity index (χ1n) is 5.74. The van der Waals surface area contributed by atoms with Crippen molar-refractivity contribution in [1.82, 2.24) is 4.90 Å². The molecule has 1 saturated carbocycles. The van der Waals surface area contributed by atoms with Crippen LogP contribution in [0.1, 0.15) is 12.8 Å². The van der Waals surface area contributed by atoms with Crippen molar-refractivity contribution in [1.29, 1.82) is 0 Å². The maximum Gasteiger partial charge on any atom is 0.322 e. The van der Waals surface area contributed by atoms with E-state index in [1.165, 1.54) is 4.90 Å². The van der Waals surface area contributed by atoms with Crippen LogP contribution < -0.4 is 5.32 Å². The van der Waals surface area contributed by atoms with E-state index in [0.29, 0.717) is 0 Å². The third-order valence-corrected chi connectivity index (χ3v) is 2.70. The summed E-state index contributed by atoms with van der Waals surface area (Å²) in [6.07, 6.45) is 1.79. The molecule has 18 heavy (non-hydrogen) atoms. The average molecular weight is 256 g/mol. The Labute approximate surface area is 103 Å². The van der Waals surface area contributed by atoms with E-state index in [1.807, 2.05) is 0 Å². The Bertz CT molecular complexity index is 429. The number of hydrogen-bond acceptors (Lipinski definition) is 2. The van der Waals surface area contributed by atoms with Crippen molar-refractivity contribution in [3.8, 4) is 0 Å². The minimum Gasteiger partial charge on any atom is -0.395 e. The number of nitrogens with one attached hydrogen (secondary N) is 1. The van der Waals surface area contributed by atoms with Gasteiger partial charge in [-0.15, -0.1) is 0 Å². The Hall–Kier alpha value is -1.69. The van der Waals surface area contributed by atoms with Crippen LogP contribution in [0, 0.1) is 11.6 Å². The van der Waals surface area contributed by atoms with E-state index in [0.717, 1.165) is 31.0 Å². The molecule has 98 valence electrons. The summed E-state index contributed by atoms with van der Waals surface area (Å²) in [5.74, 6) is -1.49. The van der Waals surface area contributed by atoms with Crippen LogP contribution in [-0.4, -0.2) is 35.2 Å². The predicted molar refractivity (Wildman–Crippen MR) is 62.2 cm³/mol. The zero-order valence-corrected chi connectivity index (χ0v) is 9.70. The molecule has 0 aromatic heterocycles. The average Bonchev–Trinajstić information content (AvgIpc) is 3.07. The minimum atomic E-state index is -0.745. The van der Waals surface area contributed by atoms with Crippen LogP contribution in [0.2, 0.25) is 0 Å². The number of anilines is 1. The molecule has 1 fully saturated rings. The third kappa shape index (κ3) is 3.16. The first-order valence-corrected chi connectivity index (χ1v) is 5.74. The lowest BCUT2D eigenvalue weighted by molar-refractivity contribution is 0.185. The number of aliphatic hydroxyl groups is 1. The van der Waals surface area contributed by atoms with Gasteiger partial charge in [0.1, 0.15) is 11.6 Å². The van der Waals surface area contributed by atoms with Crippen molar-refractivity contribution in [2.45, 2.75) is 18.9 Å². The summed E-state index contributed by atoms with van der Waals surface area (Å²) in [4.78, 5) is 13.3. The molecule has 0 heterocycles. The molecule has 0 aliphatic heterocycles. The lowest BCUT2D eigenvalue weighted by Crippen LogP contribution is -2.38. The van der Waals surface area contributed by atoms with Gasteiger partial charge in [-0.2, -0.15) is 0 Å². The number of hydrogen-bond donors (Lipinski definition) is 2. The lowest BCUT2D eigenvalue weighted by Gasteiger charge is -2.21. The van der Waals surface area contributed by atoms with E-state index in [1.54, 1.807) is 0 Å². The first-order chi connectivity index (χ1) is 8.60. The molecule has 0 unspecified atom stereocenters. The Morgan fingerprint density at radius 3 is 2.44 bits per heavy atom. The molecule has 6 heteroatoms. The summed E-state index contributed by atoms with van der Waals surface area (Å²) in [5.41, 5.74) is 0.0705. The van der Waals surface area contributed by atoms with Crippen LogP contribution in [0.4, 0.5) is 19.3 Å². The summed E-state index contributed by atoms with van der Waals surface area (Å²) in [7, 11) is 0. The van der Waals surface area contributed by atoms with Gasteiger partial charge in [-0.3, -0.25) is 0 Å². The maximum absolute atomic E-state index is 13.0. The van der Waals surface area contributed by atoms with Crippen LogP contribution >= 0.6 is 0 Å². The molecule has 2 rings (SSSR count). The topological polar surface area (TPSA) is 52.6 Å². The zero-order chi connectivity index (χ0) is 13.1. The summed E-state index contributed by atoms with van der Waals surface area (Å²) in [6, 6.07) is 2.50. The van der Waals surface area contributed by atoms with Crippen molar-refractivity contribution >= 4 is 11.7 Å². The summed E-state index contributed by atoms with van der Waals surface area (Å²) >= 11 is 0. The number of urea groups is 1. The molecule has 0 radical (unpaired) electrons. The lowest BCUT2D eigenvalue weighted by atomic mass is 10.3. The highest BCUT2D eigenvalue weighted by molar-refractivity contribution is 5.89. The number of benzene rings is 1. The van der Waals surface area contributed by atoms with Gasteiger partial charge in [0.15, 0.2) is 0 Å².